The number of fused-ring (bicyclic) bond motifs is 1. The molecule has 0 bridgehead atoms. The third-order valence-corrected chi connectivity index (χ3v) is 3.94. The molecule has 3 aromatic carbocycles. The average molecular weight is 331 g/mol. The highest BCUT2D eigenvalue weighted by Gasteiger charge is 2.11. The van der Waals surface area contributed by atoms with Gasteiger partial charge in [-0.25, -0.2) is 4.39 Å². The van der Waals surface area contributed by atoms with E-state index in [1.54, 1.807) is 36.4 Å². The molecule has 5 heteroatoms. The molecule has 0 amide bonds. The minimum absolute atomic E-state index is 0.204. The number of aromatic nitrogens is 2. The molecular formula is C20H14FN3O. The predicted octanol–water partition coefficient (Wildman–Crippen LogP) is 4.89. The van der Waals surface area contributed by atoms with Gasteiger partial charge in [-0.1, -0.05) is 24.3 Å². The van der Waals surface area contributed by atoms with Gasteiger partial charge in [0.2, 0.25) is 0 Å². The Labute approximate surface area is 143 Å². The Hall–Kier alpha value is -3.47. The molecule has 0 fully saturated rings. The van der Waals surface area contributed by atoms with Crippen molar-refractivity contribution in [3.8, 4) is 17.0 Å². The normalized spacial score (nSPS) is 10.8. The van der Waals surface area contributed by atoms with E-state index in [1.165, 1.54) is 12.1 Å². The van der Waals surface area contributed by atoms with Crippen LogP contribution < -0.4 is 5.32 Å². The summed E-state index contributed by atoms with van der Waals surface area (Å²) in [5.74, 6) is 0.518. The van der Waals surface area contributed by atoms with E-state index in [9.17, 15) is 9.50 Å². The first-order valence-electron chi connectivity index (χ1n) is 7.78. The lowest BCUT2D eigenvalue weighted by atomic mass is 10.0. The highest BCUT2D eigenvalue weighted by Crippen LogP contribution is 2.31. The summed E-state index contributed by atoms with van der Waals surface area (Å²) in [7, 11) is 0. The van der Waals surface area contributed by atoms with Crippen molar-refractivity contribution in [2.45, 2.75) is 0 Å². The van der Waals surface area contributed by atoms with Crippen molar-refractivity contribution in [2.75, 3.05) is 5.32 Å². The van der Waals surface area contributed by atoms with Crippen LogP contribution in [0.3, 0.4) is 0 Å². The first-order valence-corrected chi connectivity index (χ1v) is 7.78. The van der Waals surface area contributed by atoms with Crippen LogP contribution in [0.25, 0.3) is 22.0 Å². The molecule has 0 saturated carbocycles. The number of nitrogens with one attached hydrogen (secondary N) is 1. The van der Waals surface area contributed by atoms with E-state index < -0.39 is 0 Å². The number of phenols is 1. The molecule has 2 N–H and O–H groups in total. The van der Waals surface area contributed by atoms with Crippen LogP contribution in [0, 0.1) is 5.82 Å². The van der Waals surface area contributed by atoms with Gasteiger partial charge < -0.3 is 10.4 Å². The van der Waals surface area contributed by atoms with Crippen LogP contribution in [-0.4, -0.2) is 15.3 Å². The minimum atomic E-state index is -0.288. The number of nitrogens with zero attached hydrogens (tertiary/aromatic N) is 2. The summed E-state index contributed by atoms with van der Waals surface area (Å²) in [5.41, 5.74) is 2.34. The van der Waals surface area contributed by atoms with Crippen molar-refractivity contribution < 1.29 is 9.50 Å². The summed E-state index contributed by atoms with van der Waals surface area (Å²) in [6, 6.07) is 20.7. The van der Waals surface area contributed by atoms with Crippen LogP contribution in [-0.2, 0) is 0 Å². The topological polar surface area (TPSA) is 58.0 Å². The highest BCUT2D eigenvalue weighted by atomic mass is 19.1. The van der Waals surface area contributed by atoms with Gasteiger partial charge in [0.15, 0.2) is 5.82 Å². The van der Waals surface area contributed by atoms with E-state index >= 15 is 0 Å². The number of hydrogen-bond donors (Lipinski definition) is 2. The number of hydrogen-bond acceptors (Lipinski definition) is 4. The van der Waals surface area contributed by atoms with Gasteiger partial charge in [0.25, 0.3) is 0 Å². The van der Waals surface area contributed by atoms with Crippen molar-refractivity contribution in [1.82, 2.24) is 10.2 Å². The molecule has 0 unspecified atom stereocenters. The largest absolute Gasteiger partial charge is 0.508 e. The van der Waals surface area contributed by atoms with Crippen molar-refractivity contribution in [1.29, 1.82) is 0 Å². The fourth-order valence-corrected chi connectivity index (χ4v) is 2.70. The monoisotopic (exact) mass is 331 g/mol. The molecule has 0 aliphatic heterocycles. The maximum atomic E-state index is 13.1. The summed E-state index contributed by atoms with van der Waals surface area (Å²) in [5, 5.41) is 23.2. The minimum Gasteiger partial charge on any atom is -0.508 e. The van der Waals surface area contributed by atoms with E-state index in [4.69, 9.17) is 0 Å². The predicted molar refractivity (Wildman–Crippen MR) is 96.3 cm³/mol. The van der Waals surface area contributed by atoms with E-state index in [0.717, 1.165) is 27.7 Å². The quantitative estimate of drug-likeness (QED) is 0.561. The Kier molecular flexibility index (Phi) is 3.74. The molecular weight excluding hydrogens is 317 g/mol. The number of anilines is 2. The summed E-state index contributed by atoms with van der Waals surface area (Å²) in [6.07, 6.45) is 0. The van der Waals surface area contributed by atoms with Crippen molar-refractivity contribution >= 4 is 22.3 Å². The third-order valence-electron chi connectivity index (χ3n) is 3.94. The van der Waals surface area contributed by atoms with E-state index in [-0.39, 0.29) is 11.6 Å². The van der Waals surface area contributed by atoms with Crippen molar-refractivity contribution in [3.05, 3.63) is 78.6 Å². The SMILES string of the molecule is Oc1ccc(-c2nnc(Nc3ccc(F)cc3)c3ccccc23)cc1. The first-order chi connectivity index (χ1) is 12.2. The second kappa shape index (κ2) is 6.20. The molecule has 1 heterocycles. The first kappa shape index (κ1) is 15.1. The fourth-order valence-electron chi connectivity index (χ4n) is 2.70. The number of phenolic OH excluding ortho intramolecular Hbond substituents is 1. The molecule has 25 heavy (non-hydrogen) atoms. The lowest BCUT2D eigenvalue weighted by molar-refractivity contribution is 0.475. The van der Waals surface area contributed by atoms with Crippen LogP contribution in [0.2, 0.25) is 0 Å². The Morgan fingerprint density at radius 3 is 2.16 bits per heavy atom. The van der Waals surface area contributed by atoms with Gasteiger partial charge in [-0.3, -0.25) is 0 Å². The molecule has 0 atom stereocenters. The van der Waals surface area contributed by atoms with Gasteiger partial charge in [-0.15, -0.1) is 10.2 Å². The smallest absolute Gasteiger partial charge is 0.161 e. The van der Waals surface area contributed by atoms with Gasteiger partial charge in [-0.2, -0.15) is 0 Å². The maximum Gasteiger partial charge on any atom is 0.161 e. The molecule has 122 valence electrons. The van der Waals surface area contributed by atoms with E-state index in [0.29, 0.717) is 5.82 Å². The molecule has 4 rings (SSSR count). The zero-order valence-corrected chi connectivity index (χ0v) is 13.1. The van der Waals surface area contributed by atoms with Gasteiger partial charge in [0, 0.05) is 22.0 Å². The fraction of sp³-hybridized carbons (Fsp3) is 0. The van der Waals surface area contributed by atoms with Crippen molar-refractivity contribution in [3.63, 3.8) is 0 Å². The number of aromatic hydroxyl groups is 1. The van der Waals surface area contributed by atoms with Gasteiger partial charge >= 0.3 is 0 Å². The summed E-state index contributed by atoms with van der Waals surface area (Å²) in [6.45, 7) is 0. The van der Waals surface area contributed by atoms with Gasteiger partial charge in [0.1, 0.15) is 17.3 Å². The second-order valence-corrected chi connectivity index (χ2v) is 5.62. The summed E-state index contributed by atoms with van der Waals surface area (Å²) in [4.78, 5) is 0. The Morgan fingerprint density at radius 2 is 1.44 bits per heavy atom. The van der Waals surface area contributed by atoms with E-state index in [2.05, 4.69) is 15.5 Å². The Bertz CT molecular complexity index is 1030. The third kappa shape index (κ3) is 2.99. The number of halogens is 1. The summed E-state index contributed by atoms with van der Waals surface area (Å²) < 4.78 is 13.1. The number of benzene rings is 3. The van der Waals surface area contributed by atoms with Gasteiger partial charge in [0.05, 0.1) is 0 Å². The zero-order chi connectivity index (χ0) is 17.2. The standard InChI is InChI=1S/C20H14FN3O/c21-14-7-9-15(10-8-14)22-20-18-4-2-1-3-17(18)19(23-24-20)13-5-11-16(25)12-6-13/h1-12,25H,(H,22,24). The molecule has 4 nitrogen and oxygen atoms in total. The van der Waals surface area contributed by atoms with Crippen LogP contribution in [0.15, 0.2) is 72.8 Å². The molecule has 4 aromatic rings. The van der Waals surface area contributed by atoms with Gasteiger partial charge in [-0.05, 0) is 48.5 Å². The molecule has 1 aromatic heterocycles. The lowest BCUT2D eigenvalue weighted by Gasteiger charge is -2.11. The molecule has 0 aliphatic carbocycles. The van der Waals surface area contributed by atoms with E-state index in [1.807, 2.05) is 24.3 Å². The van der Waals surface area contributed by atoms with Crippen molar-refractivity contribution in [2.24, 2.45) is 0 Å². The Balaban J connectivity index is 1.81. The van der Waals surface area contributed by atoms with Crippen LogP contribution in [0.1, 0.15) is 0 Å². The average Bonchev–Trinajstić information content (AvgIpc) is 2.65. The molecule has 0 aliphatic rings. The summed E-state index contributed by atoms with van der Waals surface area (Å²) >= 11 is 0. The van der Waals surface area contributed by atoms with Crippen LogP contribution in [0.5, 0.6) is 5.75 Å². The van der Waals surface area contributed by atoms with Crippen LogP contribution >= 0.6 is 0 Å². The maximum absolute atomic E-state index is 13.1. The second-order valence-electron chi connectivity index (χ2n) is 5.62. The molecule has 0 spiro atoms. The molecule has 0 radical (unpaired) electrons. The Morgan fingerprint density at radius 1 is 0.760 bits per heavy atom. The zero-order valence-electron chi connectivity index (χ0n) is 13.1. The highest BCUT2D eigenvalue weighted by molar-refractivity contribution is 6.00. The number of rotatable bonds is 3. The molecule has 0 saturated heterocycles. The lowest BCUT2D eigenvalue weighted by Crippen LogP contribution is -1.99. The van der Waals surface area contributed by atoms with Crippen LogP contribution in [0.4, 0.5) is 15.9 Å².